The van der Waals surface area contributed by atoms with Crippen LogP contribution in [0.1, 0.15) is 13.8 Å². The van der Waals surface area contributed by atoms with Gasteiger partial charge in [-0.15, -0.1) is 17.0 Å². The third kappa shape index (κ3) is 5.40. The van der Waals surface area contributed by atoms with E-state index in [0.717, 1.165) is 0 Å². The van der Waals surface area contributed by atoms with Crippen molar-refractivity contribution >= 4 is 34.5 Å². The molecule has 106 valence electrons. The summed E-state index contributed by atoms with van der Waals surface area (Å²) in [4.78, 5) is 24.8. The van der Waals surface area contributed by atoms with E-state index in [4.69, 9.17) is 10.5 Å². The summed E-state index contributed by atoms with van der Waals surface area (Å²) in [6.45, 7) is 3.47. The van der Waals surface area contributed by atoms with Crippen LogP contribution in [0.4, 0.5) is 5.69 Å². The molecule has 1 aromatic carbocycles. The van der Waals surface area contributed by atoms with Gasteiger partial charge in [0.05, 0.1) is 12.6 Å². The van der Waals surface area contributed by atoms with Crippen LogP contribution in [0.3, 0.4) is 0 Å². The molecule has 0 saturated carbocycles. The maximum Gasteiger partial charge on any atom is 0.326 e. The molecule has 0 radical (unpaired) electrons. The van der Waals surface area contributed by atoms with Crippen molar-refractivity contribution in [1.29, 1.82) is 0 Å². The van der Waals surface area contributed by atoms with Gasteiger partial charge in [-0.05, 0) is 26.0 Å². The topological polar surface area (TPSA) is 72.6 Å². The van der Waals surface area contributed by atoms with Gasteiger partial charge in [0, 0.05) is 5.69 Å². The number of esters is 1. The fourth-order valence-electron chi connectivity index (χ4n) is 1.49. The Labute approximate surface area is 123 Å². The molecule has 0 saturated heterocycles. The number of halogens is 1. The van der Waals surface area contributed by atoms with Gasteiger partial charge in [-0.3, -0.25) is 14.5 Å². The van der Waals surface area contributed by atoms with Crippen LogP contribution in [0, 0.1) is 0 Å². The zero-order chi connectivity index (χ0) is 13.5. The molecule has 0 fully saturated rings. The lowest BCUT2D eigenvalue weighted by atomic mass is 10.2. The van der Waals surface area contributed by atoms with Crippen LogP contribution in [0.25, 0.3) is 0 Å². The van der Waals surface area contributed by atoms with Gasteiger partial charge in [0.1, 0.15) is 6.54 Å². The average molecular weight is 331 g/mol. The maximum absolute atomic E-state index is 12.0. The van der Waals surface area contributed by atoms with Crippen LogP contribution in [0.2, 0.25) is 0 Å². The van der Waals surface area contributed by atoms with Gasteiger partial charge < -0.3 is 10.5 Å². The van der Waals surface area contributed by atoms with Crippen molar-refractivity contribution in [3.63, 3.8) is 0 Å². The fraction of sp³-hybridized carbons (Fsp3) is 0.385. The molecule has 0 heterocycles. The number of ether oxygens (including phenoxy) is 1. The van der Waals surface area contributed by atoms with Gasteiger partial charge in [-0.2, -0.15) is 0 Å². The minimum Gasteiger partial charge on any atom is -0.465 e. The van der Waals surface area contributed by atoms with Gasteiger partial charge in [0.15, 0.2) is 0 Å². The van der Waals surface area contributed by atoms with Crippen molar-refractivity contribution in [2.45, 2.75) is 19.9 Å². The Hall–Kier alpha value is -1.40. The van der Waals surface area contributed by atoms with Gasteiger partial charge in [0.25, 0.3) is 0 Å². The van der Waals surface area contributed by atoms with Gasteiger partial charge >= 0.3 is 5.97 Å². The number of amides is 1. The van der Waals surface area contributed by atoms with E-state index in [1.807, 2.05) is 6.07 Å². The number of benzene rings is 1. The zero-order valence-corrected chi connectivity index (χ0v) is 12.7. The Balaban J connectivity index is 0.00000324. The maximum atomic E-state index is 12.0. The van der Waals surface area contributed by atoms with Crippen molar-refractivity contribution in [2.24, 2.45) is 5.73 Å². The van der Waals surface area contributed by atoms with Crippen molar-refractivity contribution in [3.05, 3.63) is 30.3 Å². The molecule has 0 aromatic heterocycles. The molecule has 1 amide bonds. The monoisotopic (exact) mass is 330 g/mol. The molecule has 6 heteroatoms. The lowest BCUT2D eigenvalue weighted by molar-refractivity contribution is -0.142. The van der Waals surface area contributed by atoms with Crippen LogP contribution in [-0.2, 0) is 14.3 Å². The molecule has 1 atom stereocenters. The van der Waals surface area contributed by atoms with E-state index in [2.05, 4.69) is 0 Å². The van der Waals surface area contributed by atoms with E-state index in [-0.39, 0.29) is 36.0 Å². The van der Waals surface area contributed by atoms with E-state index in [1.54, 1.807) is 38.1 Å². The second-order valence-corrected chi connectivity index (χ2v) is 3.85. The lowest BCUT2D eigenvalue weighted by Gasteiger charge is -2.23. The first-order valence-electron chi connectivity index (χ1n) is 5.84. The first kappa shape index (κ1) is 17.6. The summed E-state index contributed by atoms with van der Waals surface area (Å²) in [5, 5.41) is 0. The molecule has 0 spiro atoms. The summed E-state index contributed by atoms with van der Waals surface area (Å²) >= 11 is 0. The molecule has 0 bridgehead atoms. The number of nitrogens with two attached hydrogens (primary N) is 1. The van der Waals surface area contributed by atoms with Crippen LogP contribution >= 0.6 is 17.0 Å². The molecule has 0 unspecified atom stereocenters. The predicted octanol–water partition coefficient (Wildman–Crippen LogP) is 1.51. The summed E-state index contributed by atoms with van der Waals surface area (Å²) in [6.07, 6.45) is 0. The van der Waals surface area contributed by atoms with Crippen LogP contribution in [-0.4, -0.2) is 31.1 Å². The molecule has 5 nitrogen and oxygen atoms in total. The van der Waals surface area contributed by atoms with Crippen LogP contribution in [0.15, 0.2) is 30.3 Å². The molecule has 1 aromatic rings. The molecular formula is C13H19BrN2O3. The Morgan fingerprint density at radius 2 is 1.89 bits per heavy atom. The summed E-state index contributed by atoms with van der Waals surface area (Å²) in [5.41, 5.74) is 6.21. The molecular weight excluding hydrogens is 312 g/mol. The van der Waals surface area contributed by atoms with Crippen molar-refractivity contribution < 1.29 is 14.3 Å². The molecule has 2 N–H and O–H groups in total. The van der Waals surface area contributed by atoms with Gasteiger partial charge in [0.2, 0.25) is 5.91 Å². The van der Waals surface area contributed by atoms with E-state index in [9.17, 15) is 9.59 Å². The molecule has 0 aliphatic carbocycles. The number of carbonyl (C=O) groups excluding carboxylic acids is 2. The number of para-hydroxylation sites is 1. The highest BCUT2D eigenvalue weighted by atomic mass is 79.9. The van der Waals surface area contributed by atoms with E-state index < -0.39 is 12.0 Å². The minimum atomic E-state index is -0.667. The van der Waals surface area contributed by atoms with E-state index in [0.29, 0.717) is 5.69 Å². The summed E-state index contributed by atoms with van der Waals surface area (Å²) in [5.74, 6) is -0.760. The molecule has 0 aliphatic heterocycles. The standard InChI is InChI=1S/C13H18N2O3.BrH/c1-3-18-12(16)9-15(13(17)10(2)14)11-7-5-4-6-8-11;/h4-8,10H,3,9,14H2,1-2H3;1H/t10-;/m0./s1. The normalized spacial score (nSPS) is 11.1. The Morgan fingerprint density at radius 1 is 1.32 bits per heavy atom. The number of anilines is 1. The Morgan fingerprint density at radius 3 is 2.37 bits per heavy atom. The fourth-order valence-corrected chi connectivity index (χ4v) is 1.49. The third-order valence-electron chi connectivity index (χ3n) is 2.32. The molecule has 1 rings (SSSR count). The van der Waals surface area contributed by atoms with Crippen molar-refractivity contribution in [2.75, 3.05) is 18.1 Å². The van der Waals surface area contributed by atoms with Crippen LogP contribution < -0.4 is 10.6 Å². The zero-order valence-electron chi connectivity index (χ0n) is 11.0. The van der Waals surface area contributed by atoms with Gasteiger partial charge in [-0.1, -0.05) is 18.2 Å². The second kappa shape index (κ2) is 8.66. The number of hydrogen-bond donors (Lipinski definition) is 1. The first-order valence-corrected chi connectivity index (χ1v) is 5.84. The number of hydrogen-bond acceptors (Lipinski definition) is 4. The average Bonchev–Trinajstić information content (AvgIpc) is 2.36. The van der Waals surface area contributed by atoms with E-state index in [1.165, 1.54) is 4.90 Å². The second-order valence-electron chi connectivity index (χ2n) is 3.85. The Kier molecular flexibility index (Phi) is 8.02. The van der Waals surface area contributed by atoms with Crippen molar-refractivity contribution in [3.8, 4) is 0 Å². The first-order chi connectivity index (χ1) is 8.56. The highest BCUT2D eigenvalue weighted by Gasteiger charge is 2.22. The quantitative estimate of drug-likeness (QED) is 0.830. The predicted molar refractivity (Wildman–Crippen MR) is 79.4 cm³/mol. The minimum absolute atomic E-state index is 0. The Bertz CT molecular complexity index is 410. The van der Waals surface area contributed by atoms with Crippen LogP contribution in [0.5, 0.6) is 0 Å². The number of rotatable bonds is 5. The summed E-state index contributed by atoms with van der Waals surface area (Å²) in [7, 11) is 0. The molecule has 0 aliphatic rings. The van der Waals surface area contributed by atoms with Crippen molar-refractivity contribution in [1.82, 2.24) is 0 Å². The smallest absolute Gasteiger partial charge is 0.326 e. The largest absolute Gasteiger partial charge is 0.465 e. The molecule has 19 heavy (non-hydrogen) atoms. The summed E-state index contributed by atoms with van der Waals surface area (Å²) in [6, 6.07) is 8.25. The highest BCUT2D eigenvalue weighted by Crippen LogP contribution is 2.14. The lowest BCUT2D eigenvalue weighted by Crippen LogP contribution is -2.45. The van der Waals surface area contributed by atoms with E-state index >= 15 is 0 Å². The summed E-state index contributed by atoms with van der Waals surface area (Å²) < 4.78 is 4.85. The highest BCUT2D eigenvalue weighted by molar-refractivity contribution is 8.93. The third-order valence-corrected chi connectivity index (χ3v) is 2.32. The SMILES string of the molecule is Br.CCOC(=O)CN(C(=O)[C@H](C)N)c1ccccc1. The number of carbonyl (C=O) groups is 2. The number of nitrogens with zero attached hydrogens (tertiary/aromatic N) is 1. The van der Waals surface area contributed by atoms with Gasteiger partial charge in [-0.25, -0.2) is 0 Å².